The summed E-state index contributed by atoms with van der Waals surface area (Å²) in [5.41, 5.74) is 2.10. The Morgan fingerprint density at radius 2 is 2.00 bits per heavy atom. The van der Waals surface area contributed by atoms with E-state index in [0.717, 1.165) is 30.9 Å². The van der Waals surface area contributed by atoms with Gasteiger partial charge in [-0.15, -0.1) is 0 Å². The van der Waals surface area contributed by atoms with Gasteiger partial charge in [0.05, 0.1) is 0 Å². The third-order valence-electron chi connectivity index (χ3n) is 4.02. The Morgan fingerprint density at radius 1 is 1.28 bits per heavy atom. The van der Waals surface area contributed by atoms with Crippen LogP contribution < -0.4 is 5.32 Å². The van der Waals surface area contributed by atoms with Crippen molar-refractivity contribution in [1.29, 1.82) is 0 Å². The number of nitrogens with zero attached hydrogens (tertiary/aromatic N) is 2. The number of hydrogen-bond acceptors (Lipinski definition) is 4. The van der Waals surface area contributed by atoms with Crippen molar-refractivity contribution in [1.82, 2.24) is 9.97 Å². The van der Waals surface area contributed by atoms with Crippen molar-refractivity contribution >= 4 is 5.82 Å². The van der Waals surface area contributed by atoms with Crippen molar-refractivity contribution in [2.24, 2.45) is 0 Å². The molecule has 1 aromatic heterocycles. The Bertz CT molecular complexity index is 410. The van der Waals surface area contributed by atoms with Gasteiger partial charge in [-0.25, -0.2) is 9.97 Å². The molecule has 0 fully saturated rings. The van der Waals surface area contributed by atoms with Crippen molar-refractivity contribution in [2.45, 2.75) is 51.6 Å². The third-order valence-corrected chi connectivity index (χ3v) is 4.02. The first-order valence-electron chi connectivity index (χ1n) is 6.77. The van der Waals surface area contributed by atoms with Crippen molar-refractivity contribution in [2.75, 3.05) is 19.5 Å². The molecule has 0 aromatic carbocycles. The van der Waals surface area contributed by atoms with Crippen LogP contribution >= 0.6 is 0 Å². The van der Waals surface area contributed by atoms with E-state index in [1.165, 1.54) is 24.1 Å². The molecule has 1 aliphatic rings. The largest absolute Gasteiger partial charge is 0.373 e. The van der Waals surface area contributed by atoms with Crippen LogP contribution in [0.4, 0.5) is 5.82 Å². The molecule has 1 atom stereocenters. The Morgan fingerprint density at radius 3 is 2.61 bits per heavy atom. The number of hydrogen-bond donors (Lipinski definition) is 1. The summed E-state index contributed by atoms with van der Waals surface area (Å²) >= 11 is 0. The lowest BCUT2D eigenvalue weighted by atomic mass is 9.95. The molecule has 1 aromatic rings. The predicted octanol–water partition coefficient (Wildman–Crippen LogP) is 2.67. The van der Waals surface area contributed by atoms with Crippen LogP contribution in [-0.2, 0) is 23.2 Å². The molecule has 0 aliphatic heterocycles. The van der Waals surface area contributed by atoms with E-state index in [1.807, 2.05) is 7.05 Å². The minimum absolute atomic E-state index is 0.391. The van der Waals surface area contributed by atoms with Crippen LogP contribution in [0.3, 0.4) is 0 Å². The van der Waals surface area contributed by atoms with Crippen molar-refractivity contribution in [3.05, 3.63) is 17.1 Å². The van der Waals surface area contributed by atoms with Gasteiger partial charge in [-0.1, -0.05) is 6.92 Å². The molecule has 1 unspecified atom stereocenters. The van der Waals surface area contributed by atoms with Gasteiger partial charge >= 0.3 is 0 Å². The lowest BCUT2D eigenvalue weighted by Crippen LogP contribution is -2.28. The fourth-order valence-corrected chi connectivity index (χ4v) is 2.43. The van der Waals surface area contributed by atoms with Crippen molar-refractivity contribution in [3.63, 3.8) is 0 Å². The second-order valence-electron chi connectivity index (χ2n) is 5.07. The monoisotopic (exact) mass is 249 g/mol. The molecule has 4 nitrogen and oxygen atoms in total. The van der Waals surface area contributed by atoms with E-state index in [-0.39, 0.29) is 0 Å². The van der Waals surface area contributed by atoms with Gasteiger partial charge < -0.3 is 10.1 Å². The van der Waals surface area contributed by atoms with Gasteiger partial charge in [0.25, 0.3) is 0 Å². The van der Waals surface area contributed by atoms with Gasteiger partial charge in [0.15, 0.2) is 5.82 Å². The van der Waals surface area contributed by atoms with Gasteiger partial charge in [-0.2, -0.15) is 0 Å². The molecule has 1 aliphatic carbocycles. The number of methoxy groups -OCH3 is 1. The summed E-state index contributed by atoms with van der Waals surface area (Å²) in [6.07, 6.45) is 5.47. The van der Waals surface area contributed by atoms with Gasteiger partial charge in [0.2, 0.25) is 0 Å². The lowest BCUT2D eigenvalue weighted by molar-refractivity contribution is -0.00910. The Balaban J connectivity index is 2.50. The Labute approximate surface area is 109 Å². The molecular weight excluding hydrogens is 226 g/mol. The minimum Gasteiger partial charge on any atom is -0.373 e. The van der Waals surface area contributed by atoms with E-state index >= 15 is 0 Å². The van der Waals surface area contributed by atoms with Crippen LogP contribution in [0, 0.1) is 0 Å². The molecule has 0 saturated carbocycles. The standard InChI is InChI=1S/C14H23N3O/c1-5-14(2,18-4)13-16-11-9-7-6-8-10(11)12(15-3)17-13/h5-9H2,1-4H3,(H,15,16,17). The van der Waals surface area contributed by atoms with Crippen LogP contribution in [0.5, 0.6) is 0 Å². The summed E-state index contributed by atoms with van der Waals surface area (Å²) in [5.74, 6) is 1.78. The summed E-state index contributed by atoms with van der Waals surface area (Å²) in [5, 5.41) is 3.21. The first kappa shape index (κ1) is 13.3. The number of fused-ring (bicyclic) bond motifs is 1. The third kappa shape index (κ3) is 2.21. The van der Waals surface area contributed by atoms with Crippen LogP contribution in [0.25, 0.3) is 0 Å². The summed E-state index contributed by atoms with van der Waals surface area (Å²) in [4.78, 5) is 9.43. The first-order chi connectivity index (χ1) is 8.64. The van der Waals surface area contributed by atoms with E-state index in [9.17, 15) is 0 Å². The molecule has 0 spiro atoms. The second-order valence-corrected chi connectivity index (χ2v) is 5.07. The maximum Gasteiger partial charge on any atom is 0.162 e. The topological polar surface area (TPSA) is 47.0 Å². The quantitative estimate of drug-likeness (QED) is 0.891. The number of nitrogens with one attached hydrogen (secondary N) is 1. The molecule has 2 rings (SSSR count). The predicted molar refractivity (Wildman–Crippen MR) is 72.9 cm³/mol. The van der Waals surface area contributed by atoms with E-state index in [4.69, 9.17) is 9.72 Å². The van der Waals surface area contributed by atoms with E-state index < -0.39 is 5.60 Å². The summed E-state index contributed by atoms with van der Waals surface area (Å²) in [6, 6.07) is 0. The summed E-state index contributed by atoms with van der Waals surface area (Å²) < 4.78 is 5.61. The molecule has 4 heteroatoms. The fraction of sp³-hybridized carbons (Fsp3) is 0.714. The molecule has 0 amide bonds. The molecule has 100 valence electrons. The highest BCUT2D eigenvalue weighted by Crippen LogP contribution is 2.31. The maximum absolute atomic E-state index is 5.61. The van der Waals surface area contributed by atoms with Crippen LogP contribution in [0.2, 0.25) is 0 Å². The molecule has 0 saturated heterocycles. The number of rotatable bonds is 4. The number of anilines is 1. The number of aryl methyl sites for hydroxylation is 1. The Hall–Kier alpha value is -1.16. The van der Waals surface area contributed by atoms with Gasteiger partial charge in [-0.05, 0) is 39.0 Å². The average Bonchev–Trinajstić information content (AvgIpc) is 2.45. The first-order valence-corrected chi connectivity index (χ1v) is 6.77. The van der Waals surface area contributed by atoms with Crippen molar-refractivity contribution < 1.29 is 4.74 Å². The normalized spacial score (nSPS) is 18.0. The zero-order chi connectivity index (χ0) is 13.2. The highest BCUT2D eigenvalue weighted by molar-refractivity contribution is 5.47. The minimum atomic E-state index is -0.391. The SMILES string of the molecule is CCC(C)(OC)c1nc2c(c(NC)n1)CCCC2. The van der Waals surface area contributed by atoms with Crippen LogP contribution in [0.1, 0.15) is 50.2 Å². The zero-order valence-corrected chi connectivity index (χ0v) is 11.8. The van der Waals surface area contributed by atoms with Crippen LogP contribution in [-0.4, -0.2) is 24.1 Å². The zero-order valence-electron chi connectivity index (χ0n) is 11.8. The average molecular weight is 249 g/mol. The molecule has 1 heterocycles. The Kier molecular flexibility index (Phi) is 3.85. The van der Waals surface area contributed by atoms with E-state index in [1.54, 1.807) is 7.11 Å². The molecule has 0 radical (unpaired) electrons. The number of ether oxygens (including phenoxy) is 1. The lowest BCUT2D eigenvalue weighted by Gasteiger charge is -2.27. The maximum atomic E-state index is 5.61. The second kappa shape index (κ2) is 5.22. The van der Waals surface area contributed by atoms with E-state index in [0.29, 0.717) is 0 Å². The molecular formula is C14H23N3O. The van der Waals surface area contributed by atoms with Crippen molar-refractivity contribution in [3.8, 4) is 0 Å². The number of aromatic nitrogens is 2. The molecule has 18 heavy (non-hydrogen) atoms. The smallest absolute Gasteiger partial charge is 0.162 e. The summed E-state index contributed by atoms with van der Waals surface area (Å²) in [7, 11) is 3.66. The molecule has 1 N–H and O–H groups in total. The van der Waals surface area contributed by atoms with Crippen LogP contribution in [0.15, 0.2) is 0 Å². The van der Waals surface area contributed by atoms with Gasteiger partial charge in [0.1, 0.15) is 11.4 Å². The fourth-order valence-electron chi connectivity index (χ4n) is 2.43. The van der Waals surface area contributed by atoms with Gasteiger partial charge in [0, 0.05) is 25.4 Å². The highest BCUT2D eigenvalue weighted by atomic mass is 16.5. The van der Waals surface area contributed by atoms with E-state index in [2.05, 4.69) is 24.1 Å². The molecule has 0 bridgehead atoms. The highest BCUT2D eigenvalue weighted by Gasteiger charge is 2.30. The van der Waals surface area contributed by atoms with Gasteiger partial charge in [-0.3, -0.25) is 0 Å². The summed E-state index contributed by atoms with van der Waals surface area (Å²) in [6.45, 7) is 4.16.